The summed E-state index contributed by atoms with van der Waals surface area (Å²) in [6, 6.07) is 8.04. The summed E-state index contributed by atoms with van der Waals surface area (Å²) in [5.74, 6) is 0.964. The Kier molecular flexibility index (Phi) is 7.54. The number of hydrogen-bond acceptors (Lipinski definition) is 9. The molecule has 2 aliphatic heterocycles. The van der Waals surface area contributed by atoms with Gasteiger partial charge < -0.3 is 25.2 Å². The number of aromatic nitrogens is 2. The van der Waals surface area contributed by atoms with Crippen LogP contribution in [0.15, 0.2) is 29.6 Å². The van der Waals surface area contributed by atoms with Crippen molar-refractivity contribution >= 4 is 33.3 Å². The van der Waals surface area contributed by atoms with E-state index < -0.39 is 0 Å². The molecule has 2 aliphatic rings. The van der Waals surface area contributed by atoms with Crippen molar-refractivity contribution in [3.63, 3.8) is 0 Å². The van der Waals surface area contributed by atoms with Crippen LogP contribution in [0.25, 0.3) is 21.3 Å². The van der Waals surface area contributed by atoms with Crippen molar-refractivity contribution in [2.24, 2.45) is 0 Å². The highest BCUT2D eigenvalue weighted by atomic mass is 32.1. The number of phenols is 1. The Bertz CT molecular complexity index is 1210. The SMILES string of the molecule is Cc1cc(N[C@@H]2CCCN(CCOC(=O)N3CCC(O)CC3)C2)nnc1-c1ccc2sccc2c1O. The van der Waals surface area contributed by atoms with Gasteiger partial charge in [0.15, 0.2) is 0 Å². The molecule has 0 unspecified atom stereocenters. The summed E-state index contributed by atoms with van der Waals surface area (Å²) < 4.78 is 6.52. The van der Waals surface area contributed by atoms with E-state index in [2.05, 4.69) is 20.4 Å². The average Bonchev–Trinajstić information content (AvgIpc) is 3.35. The Labute approximate surface area is 214 Å². The van der Waals surface area contributed by atoms with Crippen LogP contribution in [0.1, 0.15) is 31.2 Å². The van der Waals surface area contributed by atoms with Crippen LogP contribution in [-0.4, -0.2) is 87.8 Å². The summed E-state index contributed by atoms with van der Waals surface area (Å²) >= 11 is 1.60. The number of carbonyl (C=O) groups excluding carboxylic acids is 1. The fourth-order valence-electron chi connectivity index (χ4n) is 5.03. The quantitative estimate of drug-likeness (QED) is 0.458. The second kappa shape index (κ2) is 11.0. The predicted octanol–water partition coefficient (Wildman–Crippen LogP) is 3.84. The Morgan fingerprint density at radius 1 is 1.19 bits per heavy atom. The maximum atomic E-state index is 12.2. The van der Waals surface area contributed by atoms with E-state index >= 15 is 0 Å². The first-order valence-electron chi connectivity index (χ1n) is 12.6. The molecule has 0 spiro atoms. The van der Waals surface area contributed by atoms with Crippen LogP contribution in [-0.2, 0) is 4.74 Å². The number of benzene rings is 1. The van der Waals surface area contributed by atoms with Crippen LogP contribution in [0, 0.1) is 6.92 Å². The molecule has 1 aromatic carbocycles. The number of aromatic hydroxyl groups is 1. The number of rotatable bonds is 6. The van der Waals surface area contributed by atoms with Gasteiger partial charge in [-0.1, -0.05) is 0 Å². The number of likely N-dealkylation sites (tertiary alicyclic amines) is 2. The lowest BCUT2D eigenvalue weighted by molar-refractivity contribution is 0.0531. The summed E-state index contributed by atoms with van der Waals surface area (Å²) in [5.41, 5.74) is 2.32. The molecule has 3 N–H and O–H groups in total. The van der Waals surface area contributed by atoms with Crippen LogP contribution >= 0.6 is 11.3 Å². The molecule has 0 radical (unpaired) electrons. The second-order valence-electron chi connectivity index (χ2n) is 9.67. The third kappa shape index (κ3) is 5.55. The average molecular weight is 512 g/mol. The first-order valence-corrected chi connectivity index (χ1v) is 13.5. The van der Waals surface area contributed by atoms with E-state index in [-0.39, 0.29) is 24.0 Å². The van der Waals surface area contributed by atoms with E-state index in [1.807, 2.05) is 36.6 Å². The number of anilines is 1. The molecule has 36 heavy (non-hydrogen) atoms. The number of aliphatic hydroxyl groups is 1. The first kappa shape index (κ1) is 24.7. The molecule has 10 heteroatoms. The lowest BCUT2D eigenvalue weighted by atomic mass is 10.0. The normalized spacial score (nSPS) is 19.5. The number of ether oxygens (including phenoxy) is 1. The van der Waals surface area contributed by atoms with Gasteiger partial charge in [0.05, 0.1) is 11.8 Å². The van der Waals surface area contributed by atoms with Gasteiger partial charge in [0.1, 0.15) is 18.2 Å². The van der Waals surface area contributed by atoms with Crippen molar-refractivity contribution in [2.45, 2.75) is 44.8 Å². The zero-order valence-corrected chi connectivity index (χ0v) is 21.3. The van der Waals surface area contributed by atoms with Gasteiger partial charge in [0.2, 0.25) is 0 Å². The van der Waals surface area contributed by atoms with Crippen LogP contribution < -0.4 is 5.32 Å². The molecule has 192 valence electrons. The third-order valence-electron chi connectivity index (χ3n) is 7.06. The van der Waals surface area contributed by atoms with Gasteiger partial charge in [-0.05, 0) is 74.4 Å². The minimum Gasteiger partial charge on any atom is -0.507 e. The molecule has 4 heterocycles. The zero-order valence-electron chi connectivity index (χ0n) is 20.5. The fraction of sp³-hybridized carbons (Fsp3) is 0.500. The van der Waals surface area contributed by atoms with Gasteiger partial charge in [-0.2, -0.15) is 0 Å². The van der Waals surface area contributed by atoms with Gasteiger partial charge >= 0.3 is 6.09 Å². The largest absolute Gasteiger partial charge is 0.507 e. The number of hydrogen-bond donors (Lipinski definition) is 3. The van der Waals surface area contributed by atoms with E-state index in [9.17, 15) is 15.0 Å². The third-order valence-corrected chi connectivity index (χ3v) is 7.94. The number of amides is 1. The lowest BCUT2D eigenvalue weighted by Crippen LogP contribution is -2.44. The summed E-state index contributed by atoms with van der Waals surface area (Å²) in [5, 5.41) is 35.5. The van der Waals surface area contributed by atoms with Crippen molar-refractivity contribution in [2.75, 3.05) is 44.6 Å². The second-order valence-corrected chi connectivity index (χ2v) is 10.6. The molecular weight excluding hydrogens is 478 g/mol. The fourth-order valence-corrected chi connectivity index (χ4v) is 5.82. The van der Waals surface area contributed by atoms with Crippen molar-refractivity contribution in [1.82, 2.24) is 20.0 Å². The number of piperidine rings is 2. The molecule has 2 saturated heterocycles. The molecule has 2 fully saturated rings. The van der Waals surface area contributed by atoms with Crippen LogP contribution in [0.2, 0.25) is 0 Å². The highest BCUT2D eigenvalue weighted by Crippen LogP contribution is 2.38. The number of nitrogens with zero attached hydrogens (tertiary/aromatic N) is 4. The molecule has 5 rings (SSSR count). The number of aryl methyl sites for hydroxylation is 1. The molecule has 0 saturated carbocycles. The maximum absolute atomic E-state index is 12.2. The molecular formula is C26H33N5O4S. The Hall–Kier alpha value is -2.95. The first-order chi connectivity index (χ1) is 17.5. The number of aliphatic hydroxyl groups excluding tert-OH is 1. The van der Waals surface area contributed by atoms with E-state index in [1.165, 1.54) is 0 Å². The summed E-state index contributed by atoms with van der Waals surface area (Å²) in [6.45, 7) is 5.95. The number of fused-ring (bicyclic) bond motifs is 1. The molecule has 0 bridgehead atoms. The van der Waals surface area contributed by atoms with Crippen LogP contribution in [0.5, 0.6) is 5.75 Å². The summed E-state index contributed by atoms with van der Waals surface area (Å²) in [4.78, 5) is 16.2. The number of nitrogens with one attached hydrogen (secondary N) is 1. The molecule has 0 aliphatic carbocycles. The van der Waals surface area contributed by atoms with E-state index in [0.29, 0.717) is 50.3 Å². The van der Waals surface area contributed by atoms with Gasteiger partial charge in [0.25, 0.3) is 0 Å². The van der Waals surface area contributed by atoms with E-state index in [4.69, 9.17) is 4.74 Å². The molecule has 3 aromatic rings. The van der Waals surface area contributed by atoms with Crippen molar-refractivity contribution in [1.29, 1.82) is 0 Å². The molecule has 2 aromatic heterocycles. The maximum Gasteiger partial charge on any atom is 0.409 e. The summed E-state index contributed by atoms with van der Waals surface area (Å²) in [7, 11) is 0. The number of carbonyl (C=O) groups is 1. The van der Waals surface area contributed by atoms with Crippen molar-refractivity contribution in [3.8, 4) is 17.0 Å². The zero-order chi connectivity index (χ0) is 25.1. The number of phenolic OH excluding ortho intramolecular Hbond substituents is 1. The highest BCUT2D eigenvalue weighted by Gasteiger charge is 2.24. The Balaban J connectivity index is 1.14. The lowest BCUT2D eigenvalue weighted by Gasteiger charge is -2.33. The van der Waals surface area contributed by atoms with Gasteiger partial charge in [-0.25, -0.2) is 4.79 Å². The van der Waals surface area contributed by atoms with Crippen molar-refractivity contribution in [3.05, 3.63) is 35.2 Å². The van der Waals surface area contributed by atoms with Crippen LogP contribution in [0.4, 0.5) is 10.6 Å². The van der Waals surface area contributed by atoms with E-state index in [1.54, 1.807) is 16.2 Å². The molecule has 1 atom stereocenters. The highest BCUT2D eigenvalue weighted by molar-refractivity contribution is 7.17. The minimum absolute atomic E-state index is 0.230. The van der Waals surface area contributed by atoms with Crippen LogP contribution in [0.3, 0.4) is 0 Å². The van der Waals surface area contributed by atoms with Crippen molar-refractivity contribution < 1.29 is 19.7 Å². The monoisotopic (exact) mass is 511 g/mol. The predicted molar refractivity (Wildman–Crippen MR) is 140 cm³/mol. The van der Waals surface area contributed by atoms with Gasteiger partial charge in [-0.3, -0.25) is 4.90 Å². The molecule has 1 amide bonds. The summed E-state index contributed by atoms with van der Waals surface area (Å²) in [6.07, 6.45) is 2.72. The standard InChI is InChI=1S/C26H33N5O4S/c1-17-15-23(28-29-24(17)21-4-5-22-20(25(21)33)8-14-36-22)27-18-3-2-9-30(16-18)12-13-35-26(34)31-10-6-19(32)7-11-31/h4-5,8,14-15,18-19,32-33H,2-3,6-7,9-13,16H2,1H3,(H,27,28)/t18-/m1/s1. The smallest absolute Gasteiger partial charge is 0.409 e. The van der Waals surface area contributed by atoms with Gasteiger partial charge in [0, 0.05) is 47.9 Å². The Morgan fingerprint density at radius 3 is 2.83 bits per heavy atom. The number of thiophene rings is 1. The Morgan fingerprint density at radius 2 is 2.03 bits per heavy atom. The minimum atomic E-state index is -0.306. The van der Waals surface area contributed by atoms with Gasteiger partial charge in [-0.15, -0.1) is 21.5 Å². The molecule has 9 nitrogen and oxygen atoms in total. The topological polar surface area (TPSA) is 111 Å². The van der Waals surface area contributed by atoms with E-state index in [0.717, 1.165) is 47.4 Å².